The molecule has 2 fully saturated rings. The molecule has 3 rings (SSSR count). The number of rotatable bonds is 3. The third-order valence-electron chi connectivity index (χ3n) is 4.98. The van der Waals surface area contributed by atoms with E-state index in [9.17, 15) is 19.5 Å². The summed E-state index contributed by atoms with van der Waals surface area (Å²) in [5.74, 6) is -1.17. The van der Waals surface area contributed by atoms with Crippen molar-refractivity contribution in [3.8, 4) is 0 Å². The van der Waals surface area contributed by atoms with Gasteiger partial charge in [0.15, 0.2) is 0 Å². The Kier molecular flexibility index (Phi) is 5.49. The van der Waals surface area contributed by atoms with Gasteiger partial charge in [0.25, 0.3) is 0 Å². The van der Waals surface area contributed by atoms with Crippen LogP contribution in [0, 0.1) is 5.92 Å². The fraction of sp³-hybridized carbons (Fsp3) is 0.550. The Morgan fingerprint density at radius 3 is 2.39 bits per heavy atom. The third kappa shape index (κ3) is 4.37. The zero-order valence-corrected chi connectivity index (χ0v) is 16.3. The van der Waals surface area contributed by atoms with E-state index in [1.54, 1.807) is 20.8 Å². The molecule has 2 amide bonds. The molecule has 2 heterocycles. The van der Waals surface area contributed by atoms with Crippen molar-refractivity contribution in [2.24, 2.45) is 5.92 Å². The molecule has 8 heteroatoms. The zero-order valence-electron chi connectivity index (χ0n) is 16.3. The van der Waals surface area contributed by atoms with E-state index >= 15 is 0 Å². The molecule has 1 aromatic carbocycles. The summed E-state index contributed by atoms with van der Waals surface area (Å²) in [6.45, 7) is 6.03. The highest BCUT2D eigenvalue weighted by atomic mass is 16.6. The molecule has 28 heavy (non-hydrogen) atoms. The molecule has 0 saturated carbocycles. The van der Waals surface area contributed by atoms with Crippen molar-refractivity contribution < 1.29 is 29.0 Å². The van der Waals surface area contributed by atoms with Crippen LogP contribution in [0.15, 0.2) is 30.3 Å². The number of carbonyl (C=O) groups is 3. The van der Waals surface area contributed by atoms with Gasteiger partial charge in [0.2, 0.25) is 0 Å². The minimum absolute atomic E-state index is 0.0652. The predicted molar refractivity (Wildman–Crippen MR) is 99.6 cm³/mol. The number of fused-ring (bicyclic) bond motifs is 1. The molecule has 2 aliphatic rings. The standard InChI is InChI=1S/C20H26N2O6/c1-20(2,3)28-18(25)21-10-14-9-15(17(23)24)22(16(14)11-21)19(26)27-12-13-7-5-4-6-8-13/h4-8,14-16H,9-12H2,1-3H3,(H,23,24). The van der Waals surface area contributed by atoms with Gasteiger partial charge < -0.3 is 19.5 Å². The van der Waals surface area contributed by atoms with E-state index in [4.69, 9.17) is 9.47 Å². The lowest BCUT2D eigenvalue weighted by atomic mass is 10.0. The topological polar surface area (TPSA) is 96.4 Å². The first-order valence-corrected chi connectivity index (χ1v) is 9.35. The number of carbonyl (C=O) groups excluding carboxylic acids is 2. The maximum absolute atomic E-state index is 12.7. The van der Waals surface area contributed by atoms with E-state index in [1.165, 1.54) is 9.80 Å². The van der Waals surface area contributed by atoms with Gasteiger partial charge in [-0.2, -0.15) is 0 Å². The molecule has 2 aliphatic heterocycles. The van der Waals surface area contributed by atoms with Gasteiger partial charge in [-0.3, -0.25) is 4.90 Å². The fourth-order valence-electron chi connectivity index (χ4n) is 3.78. The Morgan fingerprint density at radius 2 is 1.79 bits per heavy atom. The molecular weight excluding hydrogens is 364 g/mol. The molecule has 8 nitrogen and oxygen atoms in total. The van der Waals surface area contributed by atoms with Crippen molar-refractivity contribution in [2.45, 2.75) is 51.5 Å². The van der Waals surface area contributed by atoms with Crippen LogP contribution in [0.25, 0.3) is 0 Å². The molecule has 3 atom stereocenters. The van der Waals surface area contributed by atoms with Gasteiger partial charge in [-0.1, -0.05) is 30.3 Å². The summed E-state index contributed by atoms with van der Waals surface area (Å²) >= 11 is 0. The van der Waals surface area contributed by atoms with Crippen molar-refractivity contribution in [3.63, 3.8) is 0 Å². The highest BCUT2D eigenvalue weighted by molar-refractivity contribution is 5.81. The van der Waals surface area contributed by atoms with E-state index in [-0.39, 0.29) is 19.1 Å². The lowest BCUT2D eigenvalue weighted by Crippen LogP contribution is -2.48. The van der Waals surface area contributed by atoms with Crippen molar-refractivity contribution >= 4 is 18.2 Å². The number of ether oxygens (including phenoxy) is 2. The smallest absolute Gasteiger partial charge is 0.411 e. The SMILES string of the molecule is CC(C)(C)OC(=O)N1CC2CC(C(=O)O)N(C(=O)OCc3ccccc3)C2C1. The van der Waals surface area contributed by atoms with Crippen LogP contribution in [-0.2, 0) is 20.9 Å². The first-order valence-electron chi connectivity index (χ1n) is 9.35. The largest absolute Gasteiger partial charge is 0.480 e. The molecular formula is C20H26N2O6. The normalized spacial score (nSPS) is 24.0. The Labute approximate surface area is 164 Å². The maximum Gasteiger partial charge on any atom is 0.411 e. The molecule has 1 aromatic rings. The maximum atomic E-state index is 12.7. The lowest BCUT2D eigenvalue weighted by Gasteiger charge is -2.29. The van der Waals surface area contributed by atoms with E-state index in [0.717, 1.165) is 5.56 Å². The number of hydrogen-bond donors (Lipinski definition) is 1. The number of hydrogen-bond acceptors (Lipinski definition) is 5. The summed E-state index contributed by atoms with van der Waals surface area (Å²) < 4.78 is 10.8. The molecule has 1 N–H and O–H groups in total. The van der Waals surface area contributed by atoms with Crippen LogP contribution >= 0.6 is 0 Å². The van der Waals surface area contributed by atoms with Crippen LogP contribution in [0.1, 0.15) is 32.8 Å². The predicted octanol–water partition coefficient (Wildman–Crippen LogP) is 2.72. The molecule has 2 saturated heterocycles. The number of aliphatic carboxylic acids is 1. The monoisotopic (exact) mass is 390 g/mol. The number of carboxylic acid groups (broad SMARTS) is 1. The number of benzene rings is 1. The molecule has 0 aromatic heterocycles. The Hall–Kier alpha value is -2.77. The zero-order chi connectivity index (χ0) is 20.5. The fourth-order valence-corrected chi connectivity index (χ4v) is 3.78. The van der Waals surface area contributed by atoms with E-state index in [0.29, 0.717) is 13.0 Å². The number of amides is 2. The van der Waals surface area contributed by atoms with Crippen LogP contribution in [0.2, 0.25) is 0 Å². The number of nitrogens with zero attached hydrogens (tertiary/aromatic N) is 2. The van der Waals surface area contributed by atoms with Crippen LogP contribution in [0.4, 0.5) is 9.59 Å². The van der Waals surface area contributed by atoms with Crippen molar-refractivity contribution in [2.75, 3.05) is 13.1 Å². The Bertz CT molecular complexity index is 745. The van der Waals surface area contributed by atoms with Gasteiger partial charge in [0.1, 0.15) is 18.2 Å². The molecule has 0 aliphatic carbocycles. The Balaban J connectivity index is 1.68. The second-order valence-corrected chi connectivity index (χ2v) is 8.25. The van der Waals surface area contributed by atoms with Gasteiger partial charge in [-0.15, -0.1) is 0 Å². The van der Waals surface area contributed by atoms with Gasteiger partial charge >= 0.3 is 18.2 Å². The molecule has 0 bridgehead atoms. The minimum atomic E-state index is -1.06. The first-order chi connectivity index (χ1) is 13.2. The minimum Gasteiger partial charge on any atom is -0.480 e. The van der Waals surface area contributed by atoms with E-state index < -0.39 is 35.8 Å². The lowest BCUT2D eigenvalue weighted by molar-refractivity contribution is -0.142. The summed E-state index contributed by atoms with van der Waals surface area (Å²) in [5.41, 5.74) is 0.201. The molecule has 0 radical (unpaired) electrons. The molecule has 0 spiro atoms. The third-order valence-corrected chi connectivity index (χ3v) is 4.98. The summed E-state index contributed by atoms with van der Waals surface area (Å²) in [6, 6.07) is 7.86. The quantitative estimate of drug-likeness (QED) is 0.852. The summed E-state index contributed by atoms with van der Waals surface area (Å²) in [5, 5.41) is 9.55. The molecule has 3 unspecified atom stereocenters. The summed E-state index contributed by atoms with van der Waals surface area (Å²) in [4.78, 5) is 39.5. The van der Waals surface area contributed by atoms with Crippen LogP contribution in [0.5, 0.6) is 0 Å². The summed E-state index contributed by atoms with van der Waals surface area (Å²) in [6.07, 6.45) is -0.833. The second kappa shape index (κ2) is 7.69. The summed E-state index contributed by atoms with van der Waals surface area (Å²) in [7, 11) is 0. The molecule has 152 valence electrons. The van der Waals surface area contributed by atoms with Crippen LogP contribution in [0.3, 0.4) is 0 Å². The van der Waals surface area contributed by atoms with Gasteiger partial charge in [0.05, 0.1) is 6.04 Å². The average Bonchev–Trinajstić information content (AvgIpc) is 3.17. The van der Waals surface area contributed by atoms with Crippen LogP contribution in [-0.4, -0.2) is 63.8 Å². The average molecular weight is 390 g/mol. The van der Waals surface area contributed by atoms with Gasteiger partial charge in [-0.05, 0) is 32.8 Å². The number of likely N-dealkylation sites (tertiary alicyclic amines) is 2. The van der Waals surface area contributed by atoms with Gasteiger partial charge in [0, 0.05) is 19.0 Å². The van der Waals surface area contributed by atoms with Crippen molar-refractivity contribution in [3.05, 3.63) is 35.9 Å². The van der Waals surface area contributed by atoms with Crippen molar-refractivity contribution in [1.29, 1.82) is 0 Å². The van der Waals surface area contributed by atoms with Crippen LogP contribution < -0.4 is 0 Å². The van der Waals surface area contributed by atoms with Crippen molar-refractivity contribution in [1.82, 2.24) is 9.80 Å². The first kappa shape index (κ1) is 20.0. The van der Waals surface area contributed by atoms with E-state index in [1.807, 2.05) is 30.3 Å². The second-order valence-electron chi connectivity index (χ2n) is 8.25. The number of carboxylic acids is 1. The van der Waals surface area contributed by atoms with Gasteiger partial charge in [-0.25, -0.2) is 14.4 Å². The highest BCUT2D eigenvalue weighted by Crippen LogP contribution is 2.37. The van der Waals surface area contributed by atoms with E-state index in [2.05, 4.69) is 0 Å². The highest BCUT2D eigenvalue weighted by Gasteiger charge is 2.53. The Morgan fingerprint density at radius 1 is 1.11 bits per heavy atom.